The third-order valence-electron chi connectivity index (χ3n) is 4.81. The fraction of sp³-hybridized carbons (Fsp3) is 0.211. The summed E-state index contributed by atoms with van der Waals surface area (Å²) in [4.78, 5) is 20.9. The van der Waals surface area contributed by atoms with Crippen LogP contribution in [0.3, 0.4) is 0 Å². The molecule has 0 aliphatic heterocycles. The first-order valence-electron chi connectivity index (χ1n) is 9.08. The number of benzene rings is 1. The van der Waals surface area contributed by atoms with E-state index in [1.165, 1.54) is 28.6 Å². The van der Waals surface area contributed by atoms with Crippen LogP contribution in [0.4, 0.5) is 15.3 Å². The summed E-state index contributed by atoms with van der Waals surface area (Å²) < 4.78 is 36.6. The Kier molecular flexibility index (Phi) is 6.54. The first-order valence-corrected chi connectivity index (χ1v) is 11.7. The molecule has 2 heterocycles. The molecular weight excluding hydrogens is 486 g/mol. The lowest BCUT2D eigenvalue weighted by Crippen LogP contribution is -2.40. The van der Waals surface area contributed by atoms with E-state index in [0.717, 1.165) is 22.6 Å². The number of amides is 1. The van der Waals surface area contributed by atoms with Crippen LogP contribution in [0.15, 0.2) is 36.5 Å². The van der Waals surface area contributed by atoms with E-state index < -0.39 is 23.0 Å². The smallest absolute Gasteiger partial charge is 0.262 e. The molecule has 162 valence electrons. The molecule has 12 heteroatoms. The fourth-order valence-electron chi connectivity index (χ4n) is 3.35. The Bertz CT molecular complexity index is 1140. The molecule has 1 aromatic carbocycles. The van der Waals surface area contributed by atoms with Gasteiger partial charge in [0.1, 0.15) is 15.2 Å². The van der Waals surface area contributed by atoms with Crippen LogP contribution in [0.25, 0.3) is 0 Å². The maximum Gasteiger partial charge on any atom is 0.262 e. The Balaban J connectivity index is 1.50. The van der Waals surface area contributed by atoms with Crippen LogP contribution in [0.1, 0.15) is 28.0 Å². The highest BCUT2D eigenvalue weighted by Gasteiger charge is 2.30. The number of carbonyl (C=O) groups excluding carboxylic acids is 1. The zero-order valence-corrected chi connectivity index (χ0v) is 18.9. The van der Waals surface area contributed by atoms with Crippen molar-refractivity contribution in [1.29, 1.82) is 0 Å². The molecular formula is C19H15Cl2FN4O3S2. The van der Waals surface area contributed by atoms with Gasteiger partial charge in [0.15, 0.2) is 0 Å². The maximum atomic E-state index is 13.0. The third-order valence-corrected chi connectivity index (χ3v) is 7.62. The van der Waals surface area contributed by atoms with Crippen molar-refractivity contribution in [2.45, 2.75) is 25.3 Å². The number of thiophene rings is 1. The van der Waals surface area contributed by atoms with E-state index in [9.17, 15) is 17.9 Å². The van der Waals surface area contributed by atoms with Gasteiger partial charge < -0.3 is 0 Å². The quantitative estimate of drug-likeness (QED) is 0.493. The highest BCUT2D eigenvalue weighted by Crippen LogP contribution is 2.40. The number of anilines is 2. The summed E-state index contributed by atoms with van der Waals surface area (Å²) in [6, 6.07) is 6.46. The standard InChI is InChI=1S/C19H15Cl2FN4O3S2/c20-14-8-16(30-17(14)21)26(31(28)29)13-5-6-15-11(7-13)9-23-19(24-15)25-18(27)10-1-3-12(22)4-2-10/h1-4,8-9,13H,5-7H2,(H,28,29)(H,23,24,25,27). The third kappa shape index (κ3) is 4.88. The van der Waals surface area contributed by atoms with Gasteiger partial charge in [0.25, 0.3) is 17.2 Å². The van der Waals surface area contributed by atoms with Gasteiger partial charge in [-0.15, -0.1) is 11.3 Å². The van der Waals surface area contributed by atoms with Gasteiger partial charge in [-0.2, -0.15) is 0 Å². The van der Waals surface area contributed by atoms with Crippen molar-refractivity contribution in [3.63, 3.8) is 0 Å². The molecule has 0 bridgehead atoms. The van der Waals surface area contributed by atoms with E-state index in [1.54, 1.807) is 12.3 Å². The average molecular weight is 501 g/mol. The monoisotopic (exact) mass is 500 g/mol. The summed E-state index contributed by atoms with van der Waals surface area (Å²) in [5.41, 5.74) is 1.86. The Morgan fingerprint density at radius 2 is 2.06 bits per heavy atom. The number of nitrogens with zero attached hydrogens (tertiary/aromatic N) is 3. The molecule has 4 rings (SSSR count). The summed E-state index contributed by atoms with van der Waals surface area (Å²) in [5.74, 6) is -0.728. The van der Waals surface area contributed by atoms with Crippen LogP contribution in [-0.4, -0.2) is 30.7 Å². The summed E-state index contributed by atoms with van der Waals surface area (Å²) in [7, 11) is 0. The molecule has 7 nitrogen and oxygen atoms in total. The number of fused-ring (bicyclic) bond motifs is 1. The van der Waals surface area contributed by atoms with Gasteiger partial charge in [-0.3, -0.25) is 19.0 Å². The lowest BCUT2D eigenvalue weighted by atomic mass is 9.93. The molecule has 0 saturated heterocycles. The molecule has 2 atom stereocenters. The first kappa shape index (κ1) is 22.1. The van der Waals surface area contributed by atoms with Gasteiger partial charge in [-0.25, -0.2) is 18.6 Å². The van der Waals surface area contributed by atoms with E-state index in [-0.39, 0.29) is 17.6 Å². The van der Waals surface area contributed by atoms with Crippen molar-refractivity contribution in [3.05, 3.63) is 68.5 Å². The number of nitrogens with one attached hydrogen (secondary N) is 1. The van der Waals surface area contributed by atoms with E-state index in [2.05, 4.69) is 15.3 Å². The maximum absolute atomic E-state index is 13.0. The zero-order valence-electron chi connectivity index (χ0n) is 15.7. The number of hydrogen-bond donors (Lipinski definition) is 2. The molecule has 0 spiro atoms. The van der Waals surface area contributed by atoms with Crippen LogP contribution in [0.5, 0.6) is 0 Å². The molecule has 0 saturated carbocycles. The Labute approximate surface area is 193 Å². The minimum atomic E-state index is -2.26. The predicted octanol–water partition coefficient (Wildman–Crippen LogP) is 4.74. The largest absolute Gasteiger partial charge is 0.290 e. The normalized spacial score (nSPS) is 16.5. The second-order valence-corrected chi connectivity index (χ2v) is 9.68. The van der Waals surface area contributed by atoms with Crippen molar-refractivity contribution >= 4 is 62.7 Å². The van der Waals surface area contributed by atoms with Crippen LogP contribution in [0, 0.1) is 5.82 Å². The van der Waals surface area contributed by atoms with E-state index >= 15 is 0 Å². The van der Waals surface area contributed by atoms with Gasteiger partial charge in [-0.1, -0.05) is 23.2 Å². The fourth-order valence-corrected chi connectivity index (χ4v) is 5.63. The molecule has 3 aromatic rings. The minimum absolute atomic E-state index is 0.144. The van der Waals surface area contributed by atoms with Gasteiger partial charge in [0, 0.05) is 17.5 Å². The number of hydrogen-bond acceptors (Lipinski definition) is 5. The van der Waals surface area contributed by atoms with E-state index in [4.69, 9.17) is 23.2 Å². The molecule has 0 radical (unpaired) electrons. The van der Waals surface area contributed by atoms with E-state index in [1.807, 2.05) is 0 Å². The highest BCUT2D eigenvalue weighted by atomic mass is 35.5. The Hall–Kier alpha value is -2.11. The van der Waals surface area contributed by atoms with E-state index in [0.29, 0.717) is 33.6 Å². The van der Waals surface area contributed by atoms with Crippen LogP contribution in [0.2, 0.25) is 9.36 Å². The topological polar surface area (TPSA) is 95.4 Å². The summed E-state index contributed by atoms with van der Waals surface area (Å²) in [6.07, 6.45) is 3.14. The van der Waals surface area contributed by atoms with Crippen molar-refractivity contribution in [2.75, 3.05) is 9.62 Å². The molecule has 2 unspecified atom stereocenters. The molecule has 31 heavy (non-hydrogen) atoms. The molecule has 1 aliphatic carbocycles. The van der Waals surface area contributed by atoms with Gasteiger partial charge in [-0.05, 0) is 55.2 Å². The molecule has 2 aromatic heterocycles. The number of aryl methyl sites for hydroxylation is 1. The van der Waals surface area contributed by atoms with Crippen molar-refractivity contribution in [2.24, 2.45) is 0 Å². The van der Waals surface area contributed by atoms with Crippen molar-refractivity contribution in [1.82, 2.24) is 9.97 Å². The number of carbonyl (C=O) groups is 1. The van der Waals surface area contributed by atoms with Gasteiger partial charge >= 0.3 is 0 Å². The zero-order chi connectivity index (χ0) is 22.1. The summed E-state index contributed by atoms with van der Waals surface area (Å²) >= 11 is 10.9. The second-order valence-electron chi connectivity index (χ2n) is 6.79. The Morgan fingerprint density at radius 1 is 1.32 bits per heavy atom. The highest BCUT2D eigenvalue weighted by molar-refractivity contribution is 7.81. The molecule has 2 N–H and O–H groups in total. The second kappa shape index (κ2) is 9.17. The van der Waals surface area contributed by atoms with Crippen LogP contribution in [-0.2, 0) is 24.1 Å². The predicted molar refractivity (Wildman–Crippen MR) is 120 cm³/mol. The number of aromatic nitrogens is 2. The van der Waals surface area contributed by atoms with Crippen LogP contribution >= 0.6 is 34.5 Å². The molecule has 0 fully saturated rings. The molecule has 1 aliphatic rings. The lowest BCUT2D eigenvalue weighted by Gasteiger charge is -2.32. The van der Waals surface area contributed by atoms with Crippen LogP contribution < -0.4 is 9.62 Å². The lowest BCUT2D eigenvalue weighted by molar-refractivity contribution is 0.102. The minimum Gasteiger partial charge on any atom is -0.290 e. The first-order chi connectivity index (χ1) is 14.8. The SMILES string of the molecule is O=C(Nc1ncc2c(n1)CCC(N(c1cc(Cl)c(Cl)s1)S(=O)O)C2)c1ccc(F)cc1. The number of halogens is 3. The average Bonchev–Trinajstić information content (AvgIpc) is 3.06. The molecule has 1 amide bonds. The van der Waals surface area contributed by atoms with Gasteiger partial charge in [0.2, 0.25) is 5.95 Å². The number of rotatable bonds is 5. The summed E-state index contributed by atoms with van der Waals surface area (Å²) in [6.45, 7) is 0. The van der Waals surface area contributed by atoms with Gasteiger partial charge in [0.05, 0.1) is 11.1 Å². The summed E-state index contributed by atoms with van der Waals surface area (Å²) in [5, 5.41) is 3.44. The van der Waals surface area contributed by atoms with Crippen molar-refractivity contribution < 1.29 is 17.9 Å². The Morgan fingerprint density at radius 3 is 2.71 bits per heavy atom. The van der Waals surface area contributed by atoms with Crippen molar-refractivity contribution in [3.8, 4) is 0 Å².